The van der Waals surface area contributed by atoms with Gasteiger partial charge in [0.2, 0.25) is 0 Å². The lowest BCUT2D eigenvalue weighted by atomic mass is 10.1. The van der Waals surface area contributed by atoms with Gasteiger partial charge in [-0.15, -0.1) is 0 Å². The second-order valence-electron chi connectivity index (χ2n) is 13.5. The molecule has 0 aliphatic carbocycles. The fourth-order valence-corrected chi connectivity index (χ4v) is 5.97. The van der Waals surface area contributed by atoms with E-state index < -0.39 is 32.5 Å². The number of phosphoric acid groups is 1. The second-order valence-corrected chi connectivity index (χ2v) is 14.9. The molecule has 55 heavy (non-hydrogen) atoms. The summed E-state index contributed by atoms with van der Waals surface area (Å²) in [7, 11) is -4.41. The first-order valence-electron chi connectivity index (χ1n) is 21.1. The highest BCUT2D eigenvalue weighted by Crippen LogP contribution is 2.43. The van der Waals surface area contributed by atoms with E-state index in [0.29, 0.717) is 12.8 Å². The molecule has 0 aromatic heterocycles. The van der Waals surface area contributed by atoms with Crippen LogP contribution in [0.15, 0.2) is 85.1 Å². The molecule has 0 bridgehead atoms. The Morgan fingerprint density at radius 2 is 1.00 bits per heavy atom. The Balaban J connectivity index is 4.36. The van der Waals surface area contributed by atoms with Crippen molar-refractivity contribution in [3.63, 3.8) is 0 Å². The van der Waals surface area contributed by atoms with Crippen LogP contribution in [0, 0.1) is 0 Å². The van der Waals surface area contributed by atoms with Gasteiger partial charge in [0.15, 0.2) is 6.10 Å². The number of phosphoric ester groups is 1. The van der Waals surface area contributed by atoms with E-state index >= 15 is 0 Å². The number of ether oxygens (including phenoxy) is 2. The molecule has 0 saturated heterocycles. The fourth-order valence-electron chi connectivity index (χ4n) is 5.21. The summed E-state index contributed by atoms with van der Waals surface area (Å²) in [4.78, 5) is 34.8. The van der Waals surface area contributed by atoms with Gasteiger partial charge in [0.25, 0.3) is 0 Å². The van der Waals surface area contributed by atoms with Crippen LogP contribution in [0.5, 0.6) is 0 Å². The summed E-state index contributed by atoms with van der Waals surface area (Å²) >= 11 is 0. The first-order valence-corrected chi connectivity index (χ1v) is 22.6. The maximum absolute atomic E-state index is 12.5. The lowest BCUT2D eigenvalue weighted by Gasteiger charge is -2.19. The average molecular weight is 790 g/mol. The van der Waals surface area contributed by atoms with Crippen LogP contribution in [0.25, 0.3) is 0 Å². The standard InChI is InChI=1S/C45H76NO8P/c1-3-5-7-9-11-13-15-17-19-20-21-22-24-26-28-30-32-34-36-38-45(48)54-43(42-53-55(49,50)52-40-39-46)41-51-44(47)37-35-33-31-29-27-25-23-18-16-14-12-10-8-6-4-2/h5,7,11,13,17,19,21-22,26,28,31-34,43H,3-4,6,8-10,12,14-16,18,20,23-25,27,29-30,35-42,46H2,1-2H3,(H,49,50). The molecule has 314 valence electrons. The van der Waals surface area contributed by atoms with Crippen LogP contribution in [0.3, 0.4) is 0 Å². The molecule has 10 heteroatoms. The maximum atomic E-state index is 12.5. The van der Waals surface area contributed by atoms with E-state index in [9.17, 15) is 19.0 Å². The van der Waals surface area contributed by atoms with Crippen molar-refractivity contribution in [3.8, 4) is 0 Å². The Morgan fingerprint density at radius 1 is 0.564 bits per heavy atom. The first kappa shape index (κ1) is 52.2. The third-order valence-corrected chi connectivity index (χ3v) is 9.28. The SMILES string of the molecule is CCC=CCC=CCC=CCC=CCC=CCC=CCCC(=O)OC(COC(=O)CCC=CCCCCCCCCCCCCC)COP(=O)(O)OCCN. The van der Waals surface area contributed by atoms with E-state index in [-0.39, 0.29) is 32.6 Å². The molecule has 0 spiro atoms. The van der Waals surface area contributed by atoms with Crippen LogP contribution in [0.1, 0.15) is 155 Å². The molecule has 0 rings (SSSR count). The third-order valence-electron chi connectivity index (χ3n) is 8.29. The van der Waals surface area contributed by atoms with E-state index in [4.69, 9.17) is 24.3 Å². The predicted molar refractivity (Wildman–Crippen MR) is 229 cm³/mol. The normalized spacial score (nSPS) is 14.2. The highest BCUT2D eigenvalue weighted by Gasteiger charge is 2.25. The number of carbonyl (C=O) groups is 2. The topological polar surface area (TPSA) is 134 Å². The zero-order valence-corrected chi connectivity index (χ0v) is 35.3. The number of esters is 2. The van der Waals surface area contributed by atoms with Gasteiger partial charge in [-0.1, -0.05) is 163 Å². The number of nitrogens with two attached hydrogens (primary N) is 1. The molecule has 0 heterocycles. The molecular formula is C45H76NO8P. The van der Waals surface area contributed by atoms with Crippen molar-refractivity contribution in [2.75, 3.05) is 26.4 Å². The van der Waals surface area contributed by atoms with E-state index in [1.54, 1.807) is 0 Å². The second kappa shape index (κ2) is 40.8. The van der Waals surface area contributed by atoms with Gasteiger partial charge in [0.05, 0.1) is 13.2 Å². The van der Waals surface area contributed by atoms with Crippen molar-refractivity contribution in [2.45, 2.75) is 161 Å². The number of hydrogen-bond acceptors (Lipinski definition) is 8. The minimum absolute atomic E-state index is 0.0340. The number of allylic oxidation sites excluding steroid dienone is 14. The monoisotopic (exact) mass is 790 g/mol. The first-order chi connectivity index (χ1) is 26.8. The van der Waals surface area contributed by atoms with Crippen molar-refractivity contribution < 1.29 is 37.6 Å². The van der Waals surface area contributed by atoms with E-state index in [2.05, 4.69) is 80.7 Å². The van der Waals surface area contributed by atoms with Crippen LogP contribution in [-0.4, -0.2) is 49.3 Å². The Morgan fingerprint density at radius 3 is 1.51 bits per heavy atom. The Bertz CT molecular complexity index is 1170. The molecule has 0 amide bonds. The Labute approximate surface area is 334 Å². The van der Waals surface area contributed by atoms with Crippen LogP contribution >= 0.6 is 7.82 Å². The molecule has 0 radical (unpaired) electrons. The summed E-state index contributed by atoms with van der Waals surface area (Å²) in [5.74, 6) is -0.991. The van der Waals surface area contributed by atoms with Gasteiger partial charge in [0.1, 0.15) is 6.61 Å². The smallest absolute Gasteiger partial charge is 0.462 e. The molecule has 9 nitrogen and oxygen atoms in total. The number of rotatable bonds is 38. The van der Waals surface area contributed by atoms with Gasteiger partial charge in [-0.05, 0) is 64.2 Å². The molecule has 2 atom stereocenters. The summed E-state index contributed by atoms with van der Waals surface area (Å²) < 4.78 is 32.6. The number of hydrogen-bond donors (Lipinski definition) is 2. The number of unbranched alkanes of at least 4 members (excludes halogenated alkanes) is 11. The highest BCUT2D eigenvalue weighted by molar-refractivity contribution is 7.47. The summed E-state index contributed by atoms with van der Waals surface area (Å²) in [6.07, 6.45) is 50.7. The lowest BCUT2D eigenvalue weighted by Crippen LogP contribution is -2.29. The van der Waals surface area contributed by atoms with Gasteiger partial charge in [-0.3, -0.25) is 18.6 Å². The van der Waals surface area contributed by atoms with Crippen LogP contribution in [0.4, 0.5) is 0 Å². The molecule has 0 aliphatic rings. The Hall–Kier alpha value is -2.81. The highest BCUT2D eigenvalue weighted by atomic mass is 31.2. The molecule has 2 unspecified atom stereocenters. The molecule has 0 aromatic carbocycles. The minimum Gasteiger partial charge on any atom is -0.462 e. The fraction of sp³-hybridized carbons (Fsp3) is 0.644. The van der Waals surface area contributed by atoms with Gasteiger partial charge >= 0.3 is 19.8 Å². The third kappa shape index (κ3) is 40.7. The van der Waals surface area contributed by atoms with Crippen molar-refractivity contribution in [3.05, 3.63) is 85.1 Å². The van der Waals surface area contributed by atoms with Gasteiger partial charge < -0.3 is 20.1 Å². The zero-order chi connectivity index (χ0) is 40.3. The van der Waals surface area contributed by atoms with Crippen molar-refractivity contribution in [1.82, 2.24) is 0 Å². The molecule has 0 saturated carbocycles. The van der Waals surface area contributed by atoms with Crippen LogP contribution in [-0.2, 0) is 32.7 Å². The van der Waals surface area contributed by atoms with E-state index in [1.807, 2.05) is 18.2 Å². The molecule has 0 aromatic rings. The largest absolute Gasteiger partial charge is 0.472 e. The van der Waals surface area contributed by atoms with Gasteiger partial charge in [-0.25, -0.2) is 4.57 Å². The summed E-state index contributed by atoms with van der Waals surface area (Å²) in [5, 5.41) is 0. The quantitative estimate of drug-likeness (QED) is 0.0271. The molecular weight excluding hydrogens is 713 g/mol. The summed E-state index contributed by atoms with van der Waals surface area (Å²) in [6.45, 7) is 3.47. The zero-order valence-electron chi connectivity index (χ0n) is 34.4. The van der Waals surface area contributed by atoms with Crippen LogP contribution in [0.2, 0.25) is 0 Å². The number of carbonyl (C=O) groups excluding carboxylic acids is 2. The molecule has 0 aliphatic heterocycles. The Kier molecular flexibility index (Phi) is 38.8. The van der Waals surface area contributed by atoms with Crippen molar-refractivity contribution in [1.29, 1.82) is 0 Å². The molecule has 0 fully saturated rings. The summed E-state index contributed by atoms with van der Waals surface area (Å²) in [5.41, 5.74) is 5.33. The van der Waals surface area contributed by atoms with Gasteiger partial charge in [-0.2, -0.15) is 0 Å². The van der Waals surface area contributed by atoms with Crippen LogP contribution < -0.4 is 5.73 Å². The van der Waals surface area contributed by atoms with Gasteiger partial charge in [0, 0.05) is 19.4 Å². The van der Waals surface area contributed by atoms with E-state index in [0.717, 1.165) is 51.4 Å². The summed E-state index contributed by atoms with van der Waals surface area (Å²) in [6, 6.07) is 0. The maximum Gasteiger partial charge on any atom is 0.472 e. The van der Waals surface area contributed by atoms with Crippen molar-refractivity contribution in [2.24, 2.45) is 5.73 Å². The van der Waals surface area contributed by atoms with E-state index in [1.165, 1.54) is 64.2 Å². The minimum atomic E-state index is -4.41. The molecule has 3 N–H and O–H groups in total. The van der Waals surface area contributed by atoms with Crippen molar-refractivity contribution >= 4 is 19.8 Å². The predicted octanol–water partition coefficient (Wildman–Crippen LogP) is 12.0. The lowest BCUT2D eigenvalue weighted by molar-refractivity contribution is -0.161. The average Bonchev–Trinajstić information content (AvgIpc) is 3.17.